The van der Waals surface area contributed by atoms with Crippen molar-refractivity contribution in [1.29, 1.82) is 0 Å². The van der Waals surface area contributed by atoms with Gasteiger partial charge in [-0.05, 0) is 35.7 Å². The largest absolute Gasteiger partial charge is 0.342 e. The summed E-state index contributed by atoms with van der Waals surface area (Å²) in [7, 11) is 0. The van der Waals surface area contributed by atoms with Crippen molar-refractivity contribution in [2.75, 3.05) is 5.32 Å². The van der Waals surface area contributed by atoms with E-state index >= 15 is 0 Å². The predicted molar refractivity (Wildman–Crippen MR) is 120 cm³/mol. The summed E-state index contributed by atoms with van der Waals surface area (Å²) in [5.74, 6) is -1.32. The van der Waals surface area contributed by atoms with Crippen molar-refractivity contribution in [2.45, 2.75) is 31.7 Å². The Morgan fingerprint density at radius 2 is 1.74 bits per heavy atom. The highest BCUT2D eigenvalue weighted by Crippen LogP contribution is 2.27. The molecule has 0 aliphatic carbocycles. The van der Waals surface area contributed by atoms with Crippen molar-refractivity contribution in [2.24, 2.45) is 5.92 Å². The summed E-state index contributed by atoms with van der Waals surface area (Å²) in [4.78, 5) is 25.6. The maximum atomic E-state index is 13.1. The zero-order valence-electron chi connectivity index (χ0n) is 17.0. The van der Waals surface area contributed by atoms with Crippen LogP contribution in [0, 0.1) is 11.7 Å². The number of nitrogens with one attached hydrogen (secondary N) is 2. The molecule has 31 heavy (non-hydrogen) atoms. The molecule has 0 radical (unpaired) electrons. The van der Waals surface area contributed by atoms with Gasteiger partial charge in [0, 0.05) is 5.56 Å². The van der Waals surface area contributed by atoms with Gasteiger partial charge in [0.25, 0.3) is 0 Å². The van der Waals surface area contributed by atoms with E-state index in [-0.39, 0.29) is 16.9 Å². The van der Waals surface area contributed by atoms with E-state index in [0.717, 1.165) is 11.3 Å². The third-order valence-electron chi connectivity index (χ3n) is 4.86. The molecular formula is C22H22ClFN4O2S. The first-order chi connectivity index (χ1) is 14.9. The zero-order valence-corrected chi connectivity index (χ0v) is 18.6. The van der Waals surface area contributed by atoms with E-state index in [9.17, 15) is 14.0 Å². The van der Waals surface area contributed by atoms with Crippen LogP contribution in [0.2, 0.25) is 0 Å². The van der Waals surface area contributed by atoms with Gasteiger partial charge in [0.15, 0.2) is 0 Å². The minimum Gasteiger partial charge on any atom is -0.342 e. The molecule has 6 nitrogen and oxygen atoms in total. The van der Waals surface area contributed by atoms with Gasteiger partial charge in [-0.3, -0.25) is 14.9 Å². The van der Waals surface area contributed by atoms with Crippen LogP contribution in [0.15, 0.2) is 54.6 Å². The molecule has 9 heteroatoms. The van der Waals surface area contributed by atoms with Gasteiger partial charge in [0.05, 0.1) is 0 Å². The summed E-state index contributed by atoms with van der Waals surface area (Å²) < 4.78 is 13.1. The van der Waals surface area contributed by atoms with Crippen molar-refractivity contribution in [1.82, 2.24) is 15.5 Å². The number of amides is 2. The fraction of sp³-hybridized carbons (Fsp3) is 0.273. The molecule has 3 rings (SSSR count). The minimum absolute atomic E-state index is 0.131. The monoisotopic (exact) mass is 460 g/mol. The molecule has 0 bridgehead atoms. The smallest absolute Gasteiger partial charge is 0.249 e. The van der Waals surface area contributed by atoms with Crippen LogP contribution in [0.1, 0.15) is 31.2 Å². The summed E-state index contributed by atoms with van der Waals surface area (Å²) in [6, 6.07) is 14.0. The Morgan fingerprint density at radius 1 is 1.06 bits per heavy atom. The molecule has 0 aliphatic rings. The quantitative estimate of drug-likeness (QED) is 0.473. The standard InChI is InChI=1S/C22H22ClFN4O2S/c1-3-13(2)18(25-19(29)17(23)14-7-5-4-6-8-14)20(30)26-22-28-27-21(31-22)15-9-11-16(24)12-10-15/h4-13,17-18H,3H2,1-2H3,(H,25,29)(H,26,28,30). The van der Waals surface area contributed by atoms with Gasteiger partial charge in [-0.25, -0.2) is 4.39 Å². The summed E-state index contributed by atoms with van der Waals surface area (Å²) in [5, 5.41) is 13.4. The van der Waals surface area contributed by atoms with Crippen molar-refractivity contribution in [3.05, 3.63) is 66.0 Å². The third kappa shape index (κ3) is 5.86. The van der Waals surface area contributed by atoms with Crippen molar-refractivity contribution in [3.63, 3.8) is 0 Å². The van der Waals surface area contributed by atoms with E-state index in [1.807, 2.05) is 19.9 Å². The molecule has 0 spiro atoms. The molecule has 2 amide bonds. The van der Waals surface area contributed by atoms with Crippen molar-refractivity contribution in [3.8, 4) is 10.6 Å². The first-order valence-corrected chi connectivity index (χ1v) is 11.0. The maximum absolute atomic E-state index is 13.1. The van der Waals surface area contributed by atoms with E-state index < -0.39 is 23.2 Å². The first-order valence-electron chi connectivity index (χ1n) is 9.78. The van der Waals surface area contributed by atoms with Gasteiger partial charge in [0.1, 0.15) is 22.2 Å². The highest BCUT2D eigenvalue weighted by atomic mass is 35.5. The fourth-order valence-corrected chi connectivity index (χ4v) is 3.83. The number of hydrogen-bond donors (Lipinski definition) is 2. The normalized spacial score (nSPS) is 13.8. The Kier molecular flexibility index (Phi) is 7.70. The number of nitrogens with zero attached hydrogens (tertiary/aromatic N) is 2. The second-order valence-electron chi connectivity index (χ2n) is 7.05. The number of anilines is 1. The van der Waals surface area contributed by atoms with E-state index in [4.69, 9.17) is 11.6 Å². The summed E-state index contributed by atoms with van der Waals surface area (Å²) in [5.41, 5.74) is 1.34. The Bertz CT molecular complexity index is 1030. The molecule has 0 fully saturated rings. The molecule has 2 N–H and O–H groups in total. The summed E-state index contributed by atoms with van der Waals surface area (Å²) in [6.45, 7) is 3.81. The van der Waals surface area contributed by atoms with Crippen LogP contribution in [0.4, 0.5) is 9.52 Å². The number of alkyl halides is 1. The lowest BCUT2D eigenvalue weighted by molar-refractivity contribution is -0.127. The topological polar surface area (TPSA) is 84.0 Å². The molecule has 162 valence electrons. The van der Waals surface area contributed by atoms with Gasteiger partial charge in [-0.1, -0.05) is 61.9 Å². The lowest BCUT2D eigenvalue weighted by Gasteiger charge is -2.24. The molecule has 1 heterocycles. The average Bonchev–Trinajstić information content (AvgIpc) is 3.25. The van der Waals surface area contributed by atoms with Crippen LogP contribution >= 0.6 is 22.9 Å². The van der Waals surface area contributed by atoms with Gasteiger partial charge in [-0.15, -0.1) is 21.8 Å². The third-order valence-corrected chi connectivity index (χ3v) is 6.20. The highest BCUT2D eigenvalue weighted by molar-refractivity contribution is 7.18. The van der Waals surface area contributed by atoms with E-state index in [1.165, 1.54) is 12.1 Å². The second-order valence-corrected chi connectivity index (χ2v) is 8.47. The number of halogens is 2. The highest BCUT2D eigenvalue weighted by Gasteiger charge is 2.29. The SMILES string of the molecule is CCC(C)C(NC(=O)C(Cl)c1ccccc1)C(=O)Nc1nnc(-c2ccc(F)cc2)s1. The van der Waals surface area contributed by atoms with E-state index in [0.29, 0.717) is 22.6 Å². The second kappa shape index (κ2) is 10.5. The molecule has 0 saturated carbocycles. The average molecular weight is 461 g/mol. The van der Waals surface area contributed by atoms with Crippen molar-refractivity contribution < 1.29 is 14.0 Å². The summed E-state index contributed by atoms with van der Waals surface area (Å²) in [6.07, 6.45) is 0.674. The Hall–Kier alpha value is -2.84. The molecule has 0 saturated heterocycles. The van der Waals surface area contributed by atoms with Gasteiger partial charge in [0.2, 0.25) is 16.9 Å². The molecule has 0 aliphatic heterocycles. The van der Waals surface area contributed by atoms with Crippen LogP contribution in [0.3, 0.4) is 0 Å². The van der Waals surface area contributed by atoms with Crippen molar-refractivity contribution >= 4 is 39.9 Å². The van der Waals surface area contributed by atoms with Gasteiger partial charge >= 0.3 is 0 Å². The lowest BCUT2D eigenvalue weighted by Crippen LogP contribution is -2.48. The van der Waals surface area contributed by atoms with Crippen LogP contribution in [0.25, 0.3) is 10.6 Å². The number of aromatic nitrogens is 2. The molecule has 2 aromatic carbocycles. The number of carbonyl (C=O) groups is 2. The number of rotatable bonds is 8. The Balaban J connectivity index is 1.70. The zero-order chi connectivity index (χ0) is 22.4. The first kappa shape index (κ1) is 22.8. The molecule has 1 aromatic heterocycles. The molecule has 3 unspecified atom stereocenters. The van der Waals surface area contributed by atoms with Gasteiger partial charge in [-0.2, -0.15) is 0 Å². The number of carbonyl (C=O) groups excluding carboxylic acids is 2. The number of benzene rings is 2. The predicted octanol–water partition coefficient (Wildman–Crippen LogP) is 4.79. The minimum atomic E-state index is -0.910. The molecule has 3 atom stereocenters. The van der Waals surface area contributed by atoms with E-state index in [1.54, 1.807) is 36.4 Å². The van der Waals surface area contributed by atoms with Crippen LogP contribution in [-0.4, -0.2) is 28.1 Å². The number of hydrogen-bond acceptors (Lipinski definition) is 5. The van der Waals surface area contributed by atoms with Gasteiger partial charge < -0.3 is 5.32 Å². The van der Waals surface area contributed by atoms with Crippen LogP contribution in [0.5, 0.6) is 0 Å². The Labute approximate surface area is 188 Å². The molecule has 3 aromatic rings. The lowest BCUT2D eigenvalue weighted by atomic mass is 9.98. The Morgan fingerprint density at radius 3 is 2.39 bits per heavy atom. The maximum Gasteiger partial charge on any atom is 0.249 e. The fourth-order valence-electron chi connectivity index (χ4n) is 2.87. The van der Waals surface area contributed by atoms with E-state index in [2.05, 4.69) is 20.8 Å². The van der Waals surface area contributed by atoms with Crippen LogP contribution < -0.4 is 10.6 Å². The van der Waals surface area contributed by atoms with Crippen LogP contribution in [-0.2, 0) is 9.59 Å². The summed E-state index contributed by atoms with van der Waals surface area (Å²) >= 11 is 7.47. The molecular weight excluding hydrogens is 439 g/mol.